The van der Waals surface area contributed by atoms with Gasteiger partial charge in [-0.3, -0.25) is 4.99 Å². The van der Waals surface area contributed by atoms with Crippen LogP contribution in [0.1, 0.15) is 26.3 Å². The van der Waals surface area contributed by atoms with Crippen LogP contribution >= 0.6 is 24.0 Å². The fourth-order valence-corrected chi connectivity index (χ4v) is 2.01. The highest BCUT2D eigenvalue weighted by Gasteiger charge is 2.18. The van der Waals surface area contributed by atoms with Crippen molar-refractivity contribution in [2.75, 3.05) is 19.6 Å². The Hall–Kier alpha value is -1.04. The third kappa shape index (κ3) is 8.75. The second-order valence-electron chi connectivity index (χ2n) is 5.69. The fourth-order valence-electron chi connectivity index (χ4n) is 2.01. The third-order valence-corrected chi connectivity index (χ3v) is 2.95. The Morgan fingerprint density at radius 2 is 1.90 bits per heavy atom. The third-order valence-electron chi connectivity index (χ3n) is 2.95. The highest BCUT2D eigenvalue weighted by atomic mass is 127. The minimum Gasteiger partial charge on any atom is -0.357 e. The molecule has 0 spiro atoms. The van der Waals surface area contributed by atoms with E-state index < -0.39 is 0 Å². The molecule has 3 nitrogen and oxygen atoms in total. The van der Waals surface area contributed by atoms with Gasteiger partial charge in [0.1, 0.15) is 0 Å². The summed E-state index contributed by atoms with van der Waals surface area (Å²) in [5.41, 5.74) is 1.49. The zero-order chi connectivity index (χ0) is 14.8. The van der Waals surface area contributed by atoms with E-state index in [9.17, 15) is 0 Å². The lowest BCUT2D eigenvalue weighted by Crippen LogP contribution is -2.38. The Kier molecular flexibility index (Phi) is 10.1. The molecule has 1 aromatic rings. The van der Waals surface area contributed by atoms with E-state index in [0.717, 1.165) is 32.0 Å². The van der Waals surface area contributed by atoms with Gasteiger partial charge in [-0.2, -0.15) is 0 Å². The van der Waals surface area contributed by atoms with Crippen molar-refractivity contribution in [1.82, 2.24) is 10.6 Å². The summed E-state index contributed by atoms with van der Waals surface area (Å²) in [4.78, 5) is 4.67. The van der Waals surface area contributed by atoms with Crippen molar-refractivity contribution in [3.05, 3.63) is 48.6 Å². The van der Waals surface area contributed by atoms with Crippen LogP contribution in [0, 0.1) is 5.41 Å². The molecule has 1 rings (SSSR count). The lowest BCUT2D eigenvalue weighted by atomic mass is 9.86. The van der Waals surface area contributed by atoms with E-state index in [1.54, 1.807) is 0 Å². The predicted molar refractivity (Wildman–Crippen MR) is 104 cm³/mol. The van der Waals surface area contributed by atoms with E-state index in [2.05, 4.69) is 73.3 Å². The van der Waals surface area contributed by atoms with E-state index in [-0.39, 0.29) is 29.4 Å². The molecule has 0 aromatic heterocycles. The van der Waals surface area contributed by atoms with Gasteiger partial charge in [-0.15, -0.1) is 30.6 Å². The summed E-state index contributed by atoms with van der Waals surface area (Å²) in [6.45, 7) is 12.7. The zero-order valence-electron chi connectivity index (χ0n) is 13.4. The molecular weight excluding hydrogens is 373 g/mol. The number of hydrogen-bond donors (Lipinski definition) is 2. The molecule has 0 atom stereocenters. The van der Waals surface area contributed by atoms with E-state index in [0.29, 0.717) is 0 Å². The summed E-state index contributed by atoms with van der Waals surface area (Å²) >= 11 is 0. The minimum absolute atomic E-state index is 0. The first-order chi connectivity index (χ1) is 9.57. The Morgan fingerprint density at radius 1 is 1.24 bits per heavy atom. The molecule has 0 amide bonds. The smallest absolute Gasteiger partial charge is 0.191 e. The van der Waals surface area contributed by atoms with Crippen molar-refractivity contribution in [2.45, 2.75) is 27.2 Å². The molecule has 0 aliphatic rings. The fraction of sp³-hybridized carbons (Fsp3) is 0.471. The molecule has 0 saturated heterocycles. The summed E-state index contributed by atoms with van der Waals surface area (Å²) < 4.78 is 0. The second kappa shape index (κ2) is 10.7. The lowest BCUT2D eigenvalue weighted by Gasteiger charge is -2.23. The quantitative estimate of drug-likeness (QED) is 0.317. The molecule has 0 aliphatic carbocycles. The van der Waals surface area contributed by atoms with Gasteiger partial charge in [0.25, 0.3) is 0 Å². The Morgan fingerprint density at radius 3 is 2.48 bits per heavy atom. The summed E-state index contributed by atoms with van der Waals surface area (Å²) in [5.74, 6) is 0.855. The SMILES string of the molecule is C=CCNC(=NCC(C)(C)Cc1ccccc1)NCC.I. The average molecular weight is 401 g/mol. The van der Waals surface area contributed by atoms with Crippen LogP contribution in [0.5, 0.6) is 0 Å². The van der Waals surface area contributed by atoms with Gasteiger partial charge in [0.2, 0.25) is 0 Å². The van der Waals surface area contributed by atoms with Gasteiger partial charge in [-0.25, -0.2) is 0 Å². The van der Waals surface area contributed by atoms with Gasteiger partial charge in [0, 0.05) is 19.6 Å². The Labute approximate surface area is 146 Å². The van der Waals surface area contributed by atoms with Crippen molar-refractivity contribution in [3.63, 3.8) is 0 Å². The summed E-state index contributed by atoms with van der Waals surface area (Å²) in [6, 6.07) is 10.6. The van der Waals surface area contributed by atoms with Gasteiger partial charge in [-0.1, -0.05) is 50.3 Å². The largest absolute Gasteiger partial charge is 0.357 e. The van der Waals surface area contributed by atoms with Crippen molar-refractivity contribution in [2.24, 2.45) is 10.4 Å². The van der Waals surface area contributed by atoms with Gasteiger partial charge < -0.3 is 10.6 Å². The van der Waals surface area contributed by atoms with Crippen LogP contribution in [0.2, 0.25) is 0 Å². The maximum atomic E-state index is 4.67. The molecule has 0 bridgehead atoms. The molecule has 0 fully saturated rings. The number of halogens is 1. The number of guanidine groups is 1. The maximum Gasteiger partial charge on any atom is 0.191 e. The van der Waals surface area contributed by atoms with Gasteiger partial charge in [0.15, 0.2) is 5.96 Å². The summed E-state index contributed by atoms with van der Waals surface area (Å²) in [7, 11) is 0. The van der Waals surface area contributed by atoms with Crippen LogP contribution in [0.15, 0.2) is 48.0 Å². The molecular formula is C17H28IN3. The number of rotatable bonds is 7. The van der Waals surface area contributed by atoms with Crippen LogP contribution < -0.4 is 10.6 Å². The van der Waals surface area contributed by atoms with Crippen molar-refractivity contribution in [3.8, 4) is 0 Å². The topological polar surface area (TPSA) is 36.4 Å². The molecule has 2 N–H and O–H groups in total. The minimum atomic E-state index is 0. The highest BCUT2D eigenvalue weighted by Crippen LogP contribution is 2.22. The summed E-state index contributed by atoms with van der Waals surface area (Å²) in [5, 5.41) is 6.47. The molecule has 0 unspecified atom stereocenters. The first-order valence-corrected chi connectivity index (χ1v) is 7.24. The molecule has 118 valence electrons. The first-order valence-electron chi connectivity index (χ1n) is 7.24. The normalized spacial score (nSPS) is 11.5. The van der Waals surface area contributed by atoms with Crippen molar-refractivity contribution < 1.29 is 0 Å². The average Bonchev–Trinajstić information content (AvgIpc) is 2.42. The van der Waals surface area contributed by atoms with Crippen LogP contribution in [-0.4, -0.2) is 25.6 Å². The monoisotopic (exact) mass is 401 g/mol. The molecule has 4 heteroatoms. The predicted octanol–water partition coefficient (Wildman–Crippen LogP) is 3.61. The zero-order valence-corrected chi connectivity index (χ0v) is 15.7. The number of hydrogen-bond acceptors (Lipinski definition) is 1. The maximum absolute atomic E-state index is 4.67. The summed E-state index contributed by atoms with van der Waals surface area (Å²) in [6.07, 6.45) is 2.86. The van der Waals surface area contributed by atoms with Gasteiger partial charge in [0.05, 0.1) is 0 Å². The van der Waals surface area contributed by atoms with Crippen molar-refractivity contribution >= 4 is 29.9 Å². The highest BCUT2D eigenvalue weighted by molar-refractivity contribution is 14.0. The molecule has 0 radical (unpaired) electrons. The molecule has 0 aliphatic heterocycles. The Balaban J connectivity index is 0.00000400. The number of benzene rings is 1. The van der Waals surface area contributed by atoms with Crippen LogP contribution in [0.25, 0.3) is 0 Å². The number of nitrogens with one attached hydrogen (secondary N) is 2. The van der Waals surface area contributed by atoms with Gasteiger partial charge in [-0.05, 0) is 24.3 Å². The van der Waals surface area contributed by atoms with E-state index >= 15 is 0 Å². The van der Waals surface area contributed by atoms with E-state index in [4.69, 9.17) is 0 Å². The number of aliphatic imine (C=N–C) groups is 1. The van der Waals surface area contributed by atoms with Crippen LogP contribution in [0.3, 0.4) is 0 Å². The van der Waals surface area contributed by atoms with E-state index in [1.165, 1.54) is 5.56 Å². The molecule has 21 heavy (non-hydrogen) atoms. The van der Waals surface area contributed by atoms with Crippen molar-refractivity contribution in [1.29, 1.82) is 0 Å². The second-order valence-corrected chi connectivity index (χ2v) is 5.69. The Bertz CT molecular complexity index is 427. The van der Waals surface area contributed by atoms with Crippen LogP contribution in [0.4, 0.5) is 0 Å². The van der Waals surface area contributed by atoms with Gasteiger partial charge >= 0.3 is 0 Å². The number of nitrogens with zero attached hydrogens (tertiary/aromatic N) is 1. The molecule has 1 aromatic carbocycles. The first kappa shape index (κ1) is 20.0. The molecule has 0 saturated carbocycles. The lowest BCUT2D eigenvalue weighted by molar-refractivity contribution is 0.377. The standard InChI is InChI=1S/C17H27N3.HI/c1-5-12-19-16(18-6-2)20-14-17(3,4)13-15-10-8-7-9-11-15;/h5,7-11H,1,6,12-14H2,2-4H3,(H2,18,19,20);1H. The molecule has 0 heterocycles. The van der Waals surface area contributed by atoms with E-state index in [1.807, 2.05) is 6.08 Å². The van der Waals surface area contributed by atoms with Crippen LogP contribution in [-0.2, 0) is 6.42 Å².